The fourth-order valence-electron chi connectivity index (χ4n) is 3.32. The lowest BCUT2D eigenvalue weighted by molar-refractivity contribution is -0.385. The van der Waals surface area contributed by atoms with Crippen LogP contribution in [-0.2, 0) is 23.8 Å². The number of methoxy groups -OCH3 is 1. The van der Waals surface area contributed by atoms with Crippen LogP contribution in [0, 0.1) is 10.1 Å². The van der Waals surface area contributed by atoms with Gasteiger partial charge < -0.3 is 19.5 Å². The monoisotopic (exact) mass is 418 g/mol. The molecular formula is C21H26N2O7. The van der Waals surface area contributed by atoms with Crippen molar-refractivity contribution >= 4 is 17.6 Å². The van der Waals surface area contributed by atoms with Crippen molar-refractivity contribution < 1.29 is 28.7 Å². The maximum absolute atomic E-state index is 12.9. The molecule has 0 bridgehead atoms. The van der Waals surface area contributed by atoms with Gasteiger partial charge in [0.2, 0.25) is 0 Å². The number of carbonyl (C=O) groups is 2. The second kappa shape index (κ2) is 10.0. The molecule has 1 heterocycles. The maximum atomic E-state index is 12.9. The van der Waals surface area contributed by atoms with E-state index in [1.807, 2.05) is 0 Å². The Kier molecular flexibility index (Phi) is 7.71. The minimum atomic E-state index is -1.02. The summed E-state index contributed by atoms with van der Waals surface area (Å²) in [7, 11) is 1.47. The molecular weight excluding hydrogens is 392 g/mol. The number of hydrogen-bond acceptors (Lipinski definition) is 8. The zero-order valence-electron chi connectivity index (χ0n) is 17.7. The lowest BCUT2D eigenvalue weighted by Crippen LogP contribution is -2.33. The van der Waals surface area contributed by atoms with E-state index in [-0.39, 0.29) is 35.6 Å². The standard InChI is InChI=1S/C21H26N2O7/c1-12(2)30-21(25)18-14(4)22-13(3)17(20(24)29-11-10-28-5)19(18)15-8-6-7-9-16(15)23(26)27/h6-9,12,19,22H,10-11H2,1-5H3. The molecule has 1 aromatic carbocycles. The first-order valence-corrected chi connectivity index (χ1v) is 9.47. The fourth-order valence-corrected chi connectivity index (χ4v) is 3.32. The molecule has 1 aliphatic rings. The number of nitrogens with one attached hydrogen (secondary N) is 1. The Hall–Kier alpha value is -3.20. The van der Waals surface area contributed by atoms with Gasteiger partial charge in [0.1, 0.15) is 6.61 Å². The van der Waals surface area contributed by atoms with Crippen LogP contribution in [0.15, 0.2) is 46.8 Å². The number of dihydropyridines is 1. The molecule has 1 aliphatic heterocycles. The highest BCUT2D eigenvalue weighted by molar-refractivity contribution is 6.00. The number of nitro benzene ring substituents is 1. The number of allylic oxidation sites excluding steroid dienone is 2. The number of rotatable bonds is 8. The zero-order valence-corrected chi connectivity index (χ0v) is 17.7. The first-order chi connectivity index (χ1) is 14.2. The Balaban J connectivity index is 2.66. The van der Waals surface area contributed by atoms with Crippen molar-refractivity contribution in [3.05, 3.63) is 62.5 Å². The third kappa shape index (κ3) is 5.04. The van der Waals surface area contributed by atoms with E-state index < -0.39 is 28.9 Å². The van der Waals surface area contributed by atoms with Crippen molar-refractivity contribution in [1.82, 2.24) is 5.32 Å². The van der Waals surface area contributed by atoms with Crippen molar-refractivity contribution in [3.8, 4) is 0 Å². The molecule has 0 aromatic heterocycles. The Morgan fingerprint density at radius 3 is 2.27 bits per heavy atom. The summed E-state index contributed by atoms with van der Waals surface area (Å²) in [6.45, 7) is 6.91. The second-order valence-electron chi connectivity index (χ2n) is 7.03. The zero-order chi connectivity index (χ0) is 22.4. The van der Waals surface area contributed by atoms with Gasteiger partial charge >= 0.3 is 11.9 Å². The molecule has 9 heteroatoms. The lowest BCUT2D eigenvalue weighted by Gasteiger charge is -2.30. The van der Waals surface area contributed by atoms with Gasteiger partial charge in [-0.3, -0.25) is 10.1 Å². The number of carbonyl (C=O) groups excluding carboxylic acids is 2. The average molecular weight is 418 g/mol. The molecule has 0 spiro atoms. The molecule has 0 amide bonds. The fraction of sp³-hybridized carbons (Fsp3) is 0.429. The van der Waals surface area contributed by atoms with Gasteiger partial charge in [0.15, 0.2) is 0 Å². The van der Waals surface area contributed by atoms with Crippen LogP contribution in [0.3, 0.4) is 0 Å². The Morgan fingerprint density at radius 2 is 1.70 bits per heavy atom. The van der Waals surface area contributed by atoms with E-state index in [1.54, 1.807) is 33.8 Å². The van der Waals surface area contributed by atoms with Crippen molar-refractivity contribution in [2.24, 2.45) is 0 Å². The molecule has 1 N–H and O–H groups in total. The van der Waals surface area contributed by atoms with E-state index in [2.05, 4.69) is 5.32 Å². The van der Waals surface area contributed by atoms with Gasteiger partial charge in [0, 0.05) is 30.1 Å². The lowest BCUT2D eigenvalue weighted by atomic mass is 9.79. The van der Waals surface area contributed by atoms with Crippen LogP contribution >= 0.6 is 0 Å². The van der Waals surface area contributed by atoms with Gasteiger partial charge in [-0.1, -0.05) is 18.2 Å². The Labute approximate surface area is 174 Å². The molecule has 0 saturated heterocycles. The van der Waals surface area contributed by atoms with Crippen LogP contribution < -0.4 is 5.32 Å². The number of hydrogen-bond donors (Lipinski definition) is 1. The van der Waals surface area contributed by atoms with Crippen LogP contribution in [0.4, 0.5) is 5.69 Å². The van der Waals surface area contributed by atoms with Crippen LogP contribution in [-0.4, -0.2) is 43.3 Å². The van der Waals surface area contributed by atoms with Crippen LogP contribution in [0.2, 0.25) is 0 Å². The number of para-hydroxylation sites is 1. The summed E-state index contributed by atoms with van der Waals surface area (Å²) in [6.07, 6.45) is -0.409. The quantitative estimate of drug-likeness (QED) is 0.296. The SMILES string of the molecule is COCCOC(=O)C1=C(C)NC(C)=C(C(=O)OC(C)C)C1c1ccccc1[N+](=O)[O-]. The molecule has 0 aliphatic carbocycles. The number of nitro groups is 1. The highest BCUT2D eigenvalue weighted by Crippen LogP contribution is 2.42. The largest absolute Gasteiger partial charge is 0.460 e. The molecule has 0 fully saturated rings. The molecule has 0 radical (unpaired) electrons. The van der Waals surface area contributed by atoms with E-state index in [1.165, 1.54) is 25.3 Å². The van der Waals surface area contributed by atoms with E-state index in [0.717, 1.165) is 0 Å². The first-order valence-electron chi connectivity index (χ1n) is 9.47. The summed E-state index contributed by atoms with van der Waals surface area (Å²) >= 11 is 0. The van der Waals surface area contributed by atoms with Gasteiger partial charge in [-0.25, -0.2) is 9.59 Å². The summed E-state index contributed by atoms with van der Waals surface area (Å²) < 4.78 is 15.6. The van der Waals surface area contributed by atoms with E-state index in [0.29, 0.717) is 11.4 Å². The van der Waals surface area contributed by atoms with Gasteiger partial charge in [-0.05, 0) is 27.7 Å². The summed E-state index contributed by atoms with van der Waals surface area (Å²) in [5.74, 6) is -2.37. The van der Waals surface area contributed by atoms with Crippen molar-refractivity contribution in [2.75, 3.05) is 20.3 Å². The number of nitrogens with zero attached hydrogens (tertiary/aromatic N) is 1. The van der Waals surface area contributed by atoms with Crippen LogP contribution in [0.5, 0.6) is 0 Å². The molecule has 162 valence electrons. The van der Waals surface area contributed by atoms with Crippen LogP contribution in [0.1, 0.15) is 39.2 Å². The molecule has 30 heavy (non-hydrogen) atoms. The molecule has 1 aromatic rings. The topological polar surface area (TPSA) is 117 Å². The van der Waals surface area contributed by atoms with Crippen molar-refractivity contribution in [2.45, 2.75) is 39.7 Å². The summed E-state index contributed by atoms with van der Waals surface area (Å²) in [5, 5.41) is 14.7. The first kappa shape index (κ1) is 23.1. The number of ether oxygens (including phenoxy) is 3. The molecule has 1 atom stereocenters. The maximum Gasteiger partial charge on any atom is 0.337 e. The summed E-state index contributed by atoms with van der Waals surface area (Å²) in [4.78, 5) is 37.0. The van der Waals surface area contributed by atoms with E-state index >= 15 is 0 Å². The predicted molar refractivity (Wildman–Crippen MR) is 108 cm³/mol. The third-order valence-electron chi connectivity index (χ3n) is 4.51. The Morgan fingerprint density at radius 1 is 1.10 bits per heavy atom. The van der Waals surface area contributed by atoms with E-state index in [9.17, 15) is 19.7 Å². The molecule has 2 rings (SSSR count). The van der Waals surface area contributed by atoms with Gasteiger partial charge in [-0.2, -0.15) is 0 Å². The number of benzene rings is 1. The highest BCUT2D eigenvalue weighted by atomic mass is 16.6. The molecule has 9 nitrogen and oxygen atoms in total. The number of esters is 2. The second-order valence-corrected chi connectivity index (χ2v) is 7.03. The average Bonchev–Trinajstić information content (AvgIpc) is 2.66. The Bertz CT molecular complexity index is 902. The van der Waals surface area contributed by atoms with Crippen LogP contribution in [0.25, 0.3) is 0 Å². The molecule has 1 unspecified atom stereocenters. The van der Waals surface area contributed by atoms with Gasteiger partial charge in [0.25, 0.3) is 5.69 Å². The van der Waals surface area contributed by atoms with Gasteiger partial charge in [-0.15, -0.1) is 0 Å². The van der Waals surface area contributed by atoms with Crippen molar-refractivity contribution in [3.63, 3.8) is 0 Å². The predicted octanol–water partition coefficient (Wildman–Crippen LogP) is 2.97. The van der Waals surface area contributed by atoms with Crippen molar-refractivity contribution in [1.29, 1.82) is 0 Å². The highest BCUT2D eigenvalue weighted by Gasteiger charge is 2.41. The third-order valence-corrected chi connectivity index (χ3v) is 4.51. The summed E-state index contributed by atoms with van der Waals surface area (Å²) in [6, 6.07) is 6.01. The normalized spacial score (nSPS) is 16.4. The van der Waals surface area contributed by atoms with E-state index in [4.69, 9.17) is 14.2 Å². The minimum Gasteiger partial charge on any atom is -0.460 e. The minimum absolute atomic E-state index is 0.00415. The summed E-state index contributed by atoms with van der Waals surface area (Å²) in [5.41, 5.74) is 1.14. The smallest absolute Gasteiger partial charge is 0.337 e. The van der Waals surface area contributed by atoms with Gasteiger partial charge in [0.05, 0.1) is 34.7 Å². The molecule has 0 saturated carbocycles.